The zero-order valence-corrected chi connectivity index (χ0v) is 15.0. The molecule has 4 rings (SSSR count). The number of aryl methyl sites for hydroxylation is 1. The summed E-state index contributed by atoms with van der Waals surface area (Å²) in [7, 11) is 0. The first-order valence-electron chi connectivity index (χ1n) is 8.37. The molecule has 6 heteroatoms. The molecule has 0 saturated heterocycles. The second-order valence-electron chi connectivity index (χ2n) is 6.26. The molecular formula is C20H17FN2O2S. The molecule has 0 unspecified atom stereocenters. The normalized spacial score (nSPS) is 16.2. The number of nitrogens with zero attached hydrogens (tertiary/aromatic N) is 1. The van der Waals surface area contributed by atoms with Gasteiger partial charge in [-0.1, -0.05) is 47.1 Å². The minimum absolute atomic E-state index is 0.150. The third-order valence-corrected chi connectivity index (χ3v) is 5.57. The first-order valence-corrected chi connectivity index (χ1v) is 9.36. The summed E-state index contributed by atoms with van der Waals surface area (Å²) in [4.78, 5) is 13.2. The zero-order valence-electron chi connectivity index (χ0n) is 14.2. The van der Waals surface area contributed by atoms with Crippen molar-refractivity contribution < 1.29 is 13.7 Å². The molecular weight excluding hydrogens is 351 g/mol. The number of hydrogen-bond acceptors (Lipinski definition) is 4. The molecule has 0 saturated carbocycles. The molecule has 0 spiro atoms. The van der Waals surface area contributed by atoms with Crippen molar-refractivity contribution in [1.29, 1.82) is 0 Å². The van der Waals surface area contributed by atoms with Gasteiger partial charge in [0.1, 0.15) is 11.5 Å². The van der Waals surface area contributed by atoms with Crippen molar-refractivity contribution >= 4 is 17.7 Å². The number of rotatable bonds is 3. The average Bonchev–Trinajstić information content (AvgIpc) is 3.13. The summed E-state index contributed by atoms with van der Waals surface area (Å²) in [6.07, 6.45) is 0.742. The largest absolute Gasteiger partial charge is 0.350 e. The van der Waals surface area contributed by atoms with Gasteiger partial charge in [-0.2, -0.15) is 0 Å². The van der Waals surface area contributed by atoms with Gasteiger partial charge in [-0.05, 0) is 25.0 Å². The number of fused-ring (bicyclic) bond motifs is 1. The maximum absolute atomic E-state index is 14.0. The molecule has 2 aromatic carbocycles. The van der Waals surface area contributed by atoms with Crippen LogP contribution in [0.1, 0.15) is 34.1 Å². The number of aromatic nitrogens is 1. The van der Waals surface area contributed by atoms with Gasteiger partial charge < -0.3 is 9.84 Å². The van der Waals surface area contributed by atoms with Crippen molar-refractivity contribution in [3.05, 3.63) is 71.2 Å². The van der Waals surface area contributed by atoms with Crippen LogP contribution in [0.5, 0.6) is 0 Å². The highest BCUT2D eigenvalue weighted by molar-refractivity contribution is 7.99. The lowest BCUT2D eigenvalue weighted by molar-refractivity contribution is 0.0897. The summed E-state index contributed by atoms with van der Waals surface area (Å²) in [5.41, 5.74) is 3.46. The van der Waals surface area contributed by atoms with E-state index < -0.39 is 0 Å². The zero-order chi connectivity index (χ0) is 18.1. The van der Waals surface area contributed by atoms with Crippen molar-refractivity contribution in [2.75, 3.05) is 5.75 Å². The summed E-state index contributed by atoms with van der Waals surface area (Å²) in [5, 5.41) is 6.93. The van der Waals surface area contributed by atoms with Crippen molar-refractivity contribution in [3.63, 3.8) is 0 Å². The van der Waals surface area contributed by atoms with E-state index in [0.29, 0.717) is 10.6 Å². The Labute approximate surface area is 154 Å². The van der Waals surface area contributed by atoms with Crippen LogP contribution in [-0.4, -0.2) is 16.8 Å². The van der Waals surface area contributed by atoms with Crippen LogP contribution in [0.15, 0.2) is 57.9 Å². The van der Waals surface area contributed by atoms with Crippen LogP contribution in [0.2, 0.25) is 0 Å². The molecule has 1 N–H and O–H groups in total. The van der Waals surface area contributed by atoms with E-state index in [1.54, 1.807) is 12.1 Å². The van der Waals surface area contributed by atoms with Gasteiger partial charge in [0.15, 0.2) is 0 Å². The lowest BCUT2D eigenvalue weighted by atomic mass is 10.0. The molecule has 0 radical (unpaired) electrons. The summed E-state index contributed by atoms with van der Waals surface area (Å²) in [5.74, 6) is 0.316. The van der Waals surface area contributed by atoms with Gasteiger partial charge in [-0.15, -0.1) is 11.8 Å². The molecule has 132 valence electrons. The van der Waals surface area contributed by atoms with Crippen LogP contribution in [0.25, 0.3) is 11.3 Å². The lowest BCUT2D eigenvalue weighted by Crippen LogP contribution is -2.30. The summed E-state index contributed by atoms with van der Waals surface area (Å²) in [6, 6.07) is 14.2. The smallest absolute Gasteiger partial charge is 0.290 e. The Bertz CT molecular complexity index is 953. The molecule has 1 atom stereocenters. The van der Waals surface area contributed by atoms with Crippen LogP contribution in [0, 0.1) is 12.7 Å². The average molecular weight is 368 g/mol. The minimum Gasteiger partial charge on any atom is -0.350 e. The van der Waals surface area contributed by atoms with Gasteiger partial charge in [-0.25, -0.2) is 4.39 Å². The Balaban J connectivity index is 1.53. The fraction of sp³-hybridized carbons (Fsp3) is 0.200. The fourth-order valence-electron chi connectivity index (χ4n) is 3.01. The standard InChI is InChI=1S/C20H17FN2O2S/c1-12-5-7-13(8-6-12)17-11-18(25-23-17)20(24)22-16-9-10-26-19-14(16)3-2-4-15(19)21/h2-8,11,16H,9-10H2,1H3,(H,22,24)/t16-/m0/s1. The number of halogens is 1. The molecule has 0 bridgehead atoms. The van der Waals surface area contributed by atoms with Crippen LogP contribution < -0.4 is 5.32 Å². The minimum atomic E-state index is -0.344. The highest BCUT2D eigenvalue weighted by atomic mass is 32.2. The van der Waals surface area contributed by atoms with Gasteiger partial charge in [0.25, 0.3) is 5.91 Å². The third kappa shape index (κ3) is 3.24. The Morgan fingerprint density at radius 3 is 2.88 bits per heavy atom. The second-order valence-corrected chi connectivity index (χ2v) is 7.37. The van der Waals surface area contributed by atoms with Crippen molar-refractivity contribution in [1.82, 2.24) is 10.5 Å². The molecule has 3 aromatic rings. The highest BCUT2D eigenvalue weighted by Crippen LogP contribution is 2.37. The van der Waals surface area contributed by atoms with E-state index in [2.05, 4.69) is 10.5 Å². The fourth-order valence-corrected chi connectivity index (χ4v) is 4.15. The monoisotopic (exact) mass is 368 g/mol. The molecule has 2 heterocycles. The van der Waals surface area contributed by atoms with Crippen LogP contribution in [-0.2, 0) is 0 Å². The van der Waals surface area contributed by atoms with Crippen LogP contribution in [0.3, 0.4) is 0 Å². The number of thioether (sulfide) groups is 1. The number of amides is 1. The molecule has 1 aliphatic heterocycles. The van der Waals surface area contributed by atoms with Gasteiger partial charge >= 0.3 is 0 Å². The first-order chi connectivity index (χ1) is 12.6. The lowest BCUT2D eigenvalue weighted by Gasteiger charge is -2.25. The van der Waals surface area contributed by atoms with Gasteiger partial charge in [-0.3, -0.25) is 4.79 Å². The quantitative estimate of drug-likeness (QED) is 0.724. The number of carbonyl (C=O) groups is 1. The van der Waals surface area contributed by atoms with E-state index in [1.807, 2.05) is 37.3 Å². The van der Waals surface area contributed by atoms with E-state index in [-0.39, 0.29) is 23.5 Å². The predicted molar refractivity (Wildman–Crippen MR) is 98.6 cm³/mol. The number of benzene rings is 2. The molecule has 1 aromatic heterocycles. The topological polar surface area (TPSA) is 55.1 Å². The van der Waals surface area contributed by atoms with E-state index >= 15 is 0 Å². The molecule has 0 aliphatic carbocycles. The maximum Gasteiger partial charge on any atom is 0.290 e. The molecule has 1 aliphatic rings. The third-order valence-electron chi connectivity index (χ3n) is 4.41. The summed E-state index contributed by atoms with van der Waals surface area (Å²) >= 11 is 1.48. The summed E-state index contributed by atoms with van der Waals surface area (Å²) < 4.78 is 19.2. The number of hydrogen-bond donors (Lipinski definition) is 1. The number of nitrogens with one attached hydrogen (secondary N) is 1. The van der Waals surface area contributed by atoms with Crippen molar-refractivity contribution in [2.24, 2.45) is 0 Å². The van der Waals surface area contributed by atoms with Crippen molar-refractivity contribution in [2.45, 2.75) is 24.3 Å². The van der Waals surface area contributed by atoms with E-state index in [0.717, 1.165) is 28.9 Å². The summed E-state index contributed by atoms with van der Waals surface area (Å²) in [6.45, 7) is 2.01. The van der Waals surface area contributed by atoms with Gasteiger partial charge in [0, 0.05) is 22.3 Å². The van der Waals surface area contributed by atoms with Gasteiger partial charge in [0.05, 0.1) is 6.04 Å². The Morgan fingerprint density at radius 1 is 1.27 bits per heavy atom. The van der Waals surface area contributed by atoms with E-state index in [9.17, 15) is 9.18 Å². The first kappa shape index (κ1) is 16.8. The van der Waals surface area contributed by atoms with Gasteiger partial charge in [0.2, 0.25) is 5.76 Å². The Morgan fingerprint density at radius 2 is 2.08 bits per heavy atom. The van der Waals surface area contributed by atoms with Crippen LogP contribution >= 0.6 is 11.8 Å². The van der Waals surface area contributed by atoms with Crippen molar-refractivity contribution in [3.8, 4) is 11.3 Å². The molecule has 1 amide bonds. The number of carbonyl (C=O) groups excluding carboxylic acids is 1. The Kier molecular flexibility index (Phi) is 4.51. The second kappa shape index (κ2) is 6.96. The highest BCUT2D eigenvalue weighted by Gasteiger charge is 2.26. The van der Waals surface area contributed by atoms with E-state index in [1.165, 1.54) is 17.8 Å². The molecule has 0 fully saturated rings. The Hall–Kier alpha value is -2.60. The SMILES string of the molecule is Cc1ccc(-c2cc(C(=O)N[C@H]3CCSc4c(F)cccc43)on2)cc1. The molecule has 26 heavy (non-hydrogen) atoms. The maximum atomic E-state index is 14.0. The van der Waals surface area contributed by atoms with Crippen LogP contribution in [0.4, 0.5) is 4.39 Å². The predicted octanol–water partition coefficient (Wildman–Crippen LogP) is 4.76. The molecule has 4 nitrogen and oxygen atoms in total. The van der Waals surface area contributed by atoms with E-state index in [4.69, 9.17) is 4.52 Å².